The van der Waals surface area contributed by atoms with Crippen molar-refractivity contribution in [2.24, 2.45) is 0 Å². The van der Waals surface area contributed by atoms with Crippen molar-refractivity contribution in [3.63, 3.8) is 0 Å². The topological polar surface area (TPSA) is 66.8 Å². The molecule has 2 N–H and O–H groups in total. The second-order valence-electron chi connectivity index (χ2n) is 1.64. The zero-order valence-electron chi connectivity index (χ0n) is 5.34. The molecule has 11 heavy (non-hydrogen) atoms. The Balaban J connectivity index is 2.25. The first-order chi connectivity index (χ1) is 5.20. The van der Waals surface area contributed by atoms with Gasteiger partial charge in [0.15, 0.2) is 0 Å². The second kappa shape index (κ2) is 4.01. The molecule has 0 fully saturated rings. The summed E-state index contributed by atoms with van der Waals surface area (Å²) in [6, 6.07) is 0. The number of carbonyl (C=O) groups excluding carboxylic acids is 1. The van der Waals surface area contributed by atoms with Crippen LogP contribution in [0.2, 0.25) is 0 Å². The molecule has 4 nitrogen and oxygen atoms in total. The quantitative estimate of drug-likeness (QED) is 0.479. The highest BCUT2D eigenvalue weighted by atomic mass is 32.2. The maximum atomic E-state index is 10.5. The molecule has 0 amide bonds. The molecule has 0 aromatic heterocycles. The summed E-state index contributed by atoms with van der Waals surface area (Å²) >= 11 is 2.61. The summed E-state index contributed by atoms with van der Waals surface area (Å²) in [5, 5.41) is 20.2. The molecule has 1 rings (SSSR count). The van der Waals surface area contributed by atoms with Crippen LogP contribution in [-0.2, 0) is 9.53 Å². The van der Waals surface area contributed by atoms with Crippen molar-refractivity contribution in [1.82, 2.24) is 0 Å². The van der Waals surface area contributed by atoms with Gasteiger partial charge in [0.05, 0.1) is 0 Å². The molecule has 0 unspecified atom stereocenters. The summed E-state index contributed by atoms with van der Waals surface area (Å²) in [7, 11) is 0. The number of hydrogen-bond acceptors (Lipinski definition) is 6. The molecule has 0 radical (unpaired) electrons. The lowest BCUT2D eigenvalue weighted by Gasteiger charge is -2.09. The van der Waals surface area contributed by atoms with Crippen molar-refractivity contribution in [1.29, 1.82) is 0 Å². The van der Waals surface area contributed by atoms with E-state index in [0.717, 1.165) is 0 Å². The van der Waals surface area contributed by atoms with Crippen molar-refractivity contribution in [2.45, 2.75) is 11.1 Å². The Morgan fingerprint density at radius 3 is 2.45 bits per heavy atom. The van der Waals surface area contributed by atoms with Crippen LogP contribution in [-0.4, -0.2) is 27.2 Å². The summed E-state index contributed by atoms with van der Waals surface area (Å²) < 4.78 is 4.23. The third kappa shape index (κ3) is 2.74. The third-order valence-corrected chi connectivity index (χ3v) is 2.92. The summed E-state index contributed by atoms with van der Waals surface area (Å²) in [5.74, 6) is -1.02. The fourth-order valence-corrected chi connectivity index (χ4v) is 2.15. The van der Waals surface area contributed by atoms with Gasteiger partial charge in [0.25, 0.3) is 6.29 Å². The van der Waals surface area contributed by atoms with E-state index < -0.39 is 12.3 Å². The first kappa shape index (κ1) is 8.92. The van der Waals surface area contributed by atoms with E-state index in [1.165, 1.54) is 23.5 Å². The third-order valence-electron chi connectivity index (χ3n) is 0.858. The zero-order chi connectivity index (χ0) is 8.27. The molecule has 0 bridgehead atoms. The maximum absolute atomic E-state index is 10.5. The van der Waals surface area contributed by atoms with E-state index in [0.29, 0.717) is 0 Å². The van der Waals surface area contributed by atoms with Crippen LogP contribution in [0.1, 0.15) is 0 Å². The first-order valence-corrected chi connectivity index (χ1v) is 4.61. The molecule has 1 aliphatic heterocycles. The molecule has 0 aromatic rings. The summed E-state index contributed by atoms with van der Waals surface area (Å²) in [6.07, 6.45) is -2.03. The minimum atomic E-state index is -2.03. The Kier molecular flexibility index (Phi) is 3.25. The second-order valence-corrected chi connectivity index (χ2v) is 3.89. The summed E-state index contributed by atoms with van der Waals surface area (Å²) in [6.45, 7) is 0. The molecule has 62 valence electrons. The van der Waals surface area contributed by atoms with Gasteiger partial charge in [-0.05, 0) is 10.8 Å². The smallest absolute Gasteiger partial charge is 0.364 e. The van der Waals surface area contributed by atoms with Crippen LogP contribution in [0.5, 0.6) is 0 Å². The predicted molar refractivity (Wildman–Crippen MR) is 42.4 cm³/mol. The monoisotopic (exact) mass is 194 g/mol. The highest BCUT2D eigenvalue weighted by molar-refractivity contribution is 8.22. The van der Waals surface area contributed by atoms with Gasteiger partial charge in [-0.3, -0.25) is 0 Å². The lowest BCUT2D eigenvalue weighted by atomic mass is 10.7. The first-order valence-electron chi connectivity index (χ1n) is 2.73. The largest absolute Gasteiger partial charge is 0.436 e. The van der Waals surface area contributed by atoms with Crippen LogP contribution in [0.3, 0.4) is 0 Å². The van der Waals surface area contributed by atoms with Gasteiger partial charge in [0, 0.05) is 0 Å². The van der Waals surface area contributed by atoms with E-state index in [1.807, 2.05) is 0 Å². The van der Waals surface area contributed by atoms with Gasteiger partial charge in [-0.2, -0.15) is 0 Å². The number of aliphatic hydroxyl groups is 2. The van der Waals surface area contributed by atoms with E-state index in [9.17, 15) is 4.79 Å². The SMILES string of the molecule is O=C(OC1SC=CS1)C(O)O. The maximum Gasteiger partial charge on any atom is 0.364 e. The van der Waals surface area contributed by atoms with Gasteiger partial charge < -0.3 is 14.9 Å². The number of hydrogen-bond donors (Lipinski definition) is 2. The lowest BCUT2D eigenvalue weighted by molar-refractivity contribution is -0.171. The normalized spacial score (nSPS) is 17.7. The van der Waals surface area contributed by atoms with Crippen molar-refractivity contribution < 1.29 is 19.7 Å². The average Bonchev–Trinajstić information content (AvgIpc) is 2.39. The molecule has 0 saturated heterocycles. The van der Waals surface area contributed by atoms with Crippen molar-refractivity contribution in [2.75, 3.05) is 0 Å². The summed E-state index contributed by atoms with van der Waals surface area (Å²) in [4.78, 5) is 10.5. The Labute approximate surface area is 71.6 Å². The molecule has 0 spiro atoms. The Bertz CT molecular complexity index is 171. The molecular weight excluding hydrogens is 188 g/mol. The number of aliphatic hydroxyl groups excluding tert-OH is 1. The predicted octanol–water partition coefficient (Wildman–Crippen LogP) is 0.0751. The minimum Gasteiger partial charge on any atom is -0.436 e. The van der Waals surface area contributed by atoms with Gasteiger partial charge in [0.2, 0.25) is 4.77 Å². The molecule has 0 saturated carbocycles. The van der Waals surface area contributed by atoms with Crippen LogP contribution in [0.4, 0.5) is 0 Å². The molecular formula is C5H6O4S2. The molecule has 0 aromatic carbocycles. The number of ether oxygens (including phenoxy) is 1. The molecule has 1 heterocycles. The molecule has 1 aliphatic rings. The fraction of sp³-hybridized carbons (Fsp3) is 0.400. The standard InChI is InChI=1S/C5H6O4S2/c6-3(7)4(8)9-5-10-1-2-11-5/h1-3,5-7H. The zero-order valence-corrected chi connectivity index (χ0v) is 6.97. The average molecular weight is 194 g/mol. The van der Waals surface area contributed by atoms with Gasteiger partial charge in [-0.1, -0.05) is 23.5 Å². The van der Waals surface area contributed by atoms with Gasteiger partial charge in [-0.15, -0.1) is 0 Å². The van der Waals surface area contributed by atoms with Gasteiger partial charge in [0.1, 0.15) is 0 Å². The highest BCUT2D eigenvalue weighted by Gasteiger charge is 2.20. The Morgan fingerprint density at radius 2 is 2.00 bits per heavy atom. The van der Waals surface area contributed by atoms with Crippen molar-refractivity contribution >= 4 is 29.5 Å². The van der Waals surface area contributed by atoms with E-state index in [-0.39, 0.29) is 4.77 Å². The van der Waals surface area contributed by atoms with Gasteiger partial charge in [-0.25, -0.2) is 4.79 Å². The molecule has 6 heteroatoms. The van der Waals surface area contributed by atoms with E-state index >= 15 is 0 Å². The molecule has 0 atom stereocenters. The van der Waals surface area contributed by atoms with E-state index in [4.69, 9.17) is 10.2 Å². The van der Waals surface area contributed by atoms with Crippen LogP contribution in [0.25, 0.3) is 0 Å². The summed E-state index contributed by atoms with van der Waals surface area (Å²) in [5.41, 5.74) is 0. The van der Waals surface area contributed by atoms with E-state index in [1.54, 1.807) is 10.8 Å². The van der Waals surface area contributed by atoms with Crippen LogP contribution < -0.4 is 0 Å². The Hall–Kier alpha value is -0.170. The Morgan fingerprint density at radius 1 is 1.45 bits per heavy atom. The van der Waals surface area contributed by atoms with Crippen LogP contribution in [0.15, 0.2) is 10.8 Å². The van der Waals surface area contributed by atoms with Crippen LogP contribution >= 0.6 is 23.5 Å². The lowest BCUT2D eigenvalue weighted by Crippen LogP contribution is -2.24. The highest BCUT2D eigenvalue weighted by Crippen LogP contribution is 2.33. The number of esters is 1. The number of rotatable bonds is 2. The number of thioether (sulfide) groups is 2. The number of carbonyl (C=O) groups is 1. The van der Waals surface area contributed by atoms with Crippen molar-refractivity contribution in [3.8, 4) is 0 Å². The minimum absolute atomic E-state index is 0.371. The fourth-order valence-electron chi connectivity index (χ4n) is 0.436. The van der Waals surface area contributed by atoms with Gasteiger partial charge >= 0.3 is 5.97 Å². The van der Waals surface area contributed by atoms with Crippen LogP contribution in [0, 0.1) is 0 Å². The molecule has 0 aliphatic carbocycles. The van der Waals surface area contributed by atoms with Crippen molar-refractivity contribution in [3.05, 3.63) is 10.8 Å². The van der Waals surface area contributed by atoms with E-state index in [2.05, 4.69) is 4.74 Å².